The molecule has 17 heavy (non-hydrogen) atoms. The van der Waals surface area contributed by atoms with Crippen molar-refractivity contribution >= 4 is 9.84 Å². The van der Waals surface area contributed by atoms with Crippen LogP contribution in [-0.4, -0.2) is 20.2 Å². The molecule has 1 aromatic rings. The van der Waals surface area contributed by atoms with E-state index >= 15 is 0 Å². The summed E-state index contributed by atoms with van der Waals surface area (Å²) in [4.78, 5) is 0.411. The fourth-order valence-electron chi connectivity index (χ4n) is 1.58. The fourth-order valence-corrected chi connectivity index (χ4v) is 3.57. The lowest BCUT2D eigenvalue weighted by Crippen LogP contribution is -2.34. The Labute approximate surface area is 104 Å². The highest BCUT2D eigenvalue weighted by Gasteiger charge is 2.22. The van der Waals surface area contributed by atoms with Crippen molar-refractivity contribution in [1.82, 2.24) is 0 Å². The Morgan fingerprint density at radius 1 is 1.24 bits per heavy atom. The van der Waals surface area contributed by atoms with Crippen LogP contribution in [0.15, 0.2) is 23.1 Å². The van der Waals surface area contributed by atoms with E-state index in [0.717, 1.165) is 11.1 Å². The minimum absolute atomic E-state index is 0.00889. The van der Waals surface area contributed by atoms with Crippen molar-refractivity contribution in [2.24, 2.45) is 11.7 Å². The second-order valence-corrected chi connectivity index (χ2v) is 6.96. The number of benzene rings is 1. The predicted octanol–water partition coefficient (Wildman–Crippen LogP) is 2.06. The lowest BCUT2D eigenvalue weighted by Gasteiger charge is -2.16. The van der Waals surface area contributed by atoms with Crippen LogP contribution >= 0.6 is 0 Å². The highest BCUT2D eigenvalue weighted by atomic mass is 32.2. The van der Waals surface area contributed by atoms with Gasteiger partial charge < -0.3 is 5.73 Å². The summed E-state index contributed by atoms with van der Waals surface area (Å²) in [7, 11) is -3.28. The average molecular weight is 255 g/mol. The van der Waals surface area contributed by atoms with Crippen LogP contribution in [0.5, 0.6) is 0 Å². The van der Waals surface area contributed by atoms with Gasteiger partial charge in [0.05, 0.1) is 10.6 Å². The van der Waals surface area contributed by atoms with Gasteiger partial charge in [0.15, 0.2) is 9.84 Å². The smallest absolute Gasteiger partial charge is 0.180 e. The SMILES string of the molecule is Cc1ccc(C)c(S(=O)(=O)CC(N)C(C)C)c1. The highest BCUT2D eigenvalue weighted by Crippen LogP contribution is 2.19. The summed E-state index contributed by atoms with van der Waals surface area (Å²) >= 11 is 0. The molecule has 4 heteroatoms. The Kier molecular flexibility index (Phi) is 4.33. The molecule has 2 N–H and O–H groups in total. The number of nitrogens with two attached hydrogens (primary N) is 1. The van der Waals surface area contributed by atoms with E-state index in [-0.39, 0.29) is 17.7 Å². The zero-order valence-corrected chi connectivity index (χ0v) is 11.7. The molecule has 1 rings (SSSR count). The van der Waals surface area contributed by atoms with Crippen molar-refractivity contribution in [3.8, 4) is 0 Å². The van der Waals surface area contributed by atoms with E-state index < -0.39 is 9.84 Å². The number of rotatable bonds is 4. The van der Waals surface area contributed by atoms with Crippen LogP contribution in [0, 0.1) is 19.8 Å². The van der Waals surface area contributed by atoms with Gasteiger partial charge in [0, 0.05) is 6.04 Å². The second-order valence-electron chi connectivity index (χ2n) is 4.96. The van der Waals surface area contributed by atoms with Crippen molar-refractivity contribution < 1.29 is 8.42 Å². The van der Waals surface area contributed by atoms with Crippen LogP contribution in [0.2, 0.25) is 0 Å². The molecule has 0 aliphatic rings. The van der Waals surface area contributed by atoms with Gasteiger partial charge in [0.1, 0.15) is 0 Å². The van der Waals surface area contributed by atoms with E-state index in [1.54, 1.807) is 6.07 Å². The average Bonchev–Trinajstić information content (AvgIpc) is 2.20. The van der Waals surface area contributed by atoms with E-state index in [0.29, 0.717) is 4.90 Å². The minimum Gasteiger partial charge on any atom is -0.327 e. The maximum absolute atomic E-state index is 12.2. The van der Waals surface area contributed by atoms with E-state index in [4.69, 9.17) is 5.73 Å². The molecule has 0 bridgehead atoms. The molecule has 0 spiro atoms. The molecule has 0 aliphatic heterocycles. The molecule has 0 saturated carbocycles. The maximum atomic E-state index is 12.2. The normalized spacial score (nSPS) is 14.0. The first-order chi connectivity index (χ1) is 7.74. The molecule has 0 aliphatic carbocycles. The largest absolute Gasteiger partial charge is 0.327 e. The van der Waals surface area contributed by atoms with Crippen molar-refractivity contribution in [2.75, 3.05) is 5.75 Å². The van der Waals surface area contributed by atoms with Crippen LogP contribution in [0.25, 0.3) is 0 Å². The first-order valence-electron chi connectivity index (χ1n) is 5.79. The van der Waals surface area contributed by atoms with E-state index in [9.17, 15) is 8.42 Å². The lowest BCUT2D eigenvalue weighted by molar-refractivity contribution is 0.516. The van der Waals surface area contributed by atoms with Gasteiger partial charge in [-0.2, -0.15) is 0 Å². The Bertz CT molecular complexity index is 492. The summed E-state index contributed by atoms with van der Waals surface area (Å²) in [6.07, 6.45) is 0. The molecular weight excluding hydrogens is 234 g/mol. The van der Waals surface area contributed by atoms with Crippen LogP contribution in [0.3, 0.4) is 0 Å². The lowest BCUT2D eigenvalue weighted by atomic mass is 10.1. The second kappa shape index (κ2) is 5.19. The molecule has 1 atom stereocenters. The van der Waals surface area contributed by atoms with Gasteiger partial charge in [-0.05, 0) is 37.0 Å². The fraction of sp³-hybridized carbons (Fsp3) is 0.538. The van der Waals surface area contributed by atoms with Crippen LogP contribution in [0.1, 0.15) is 25.0 Å². The van der Waals surface area contributed by atoms with Crippen LogP contribution in [0.4, 0.5) is 0 Å². The summed E-state index contributed by atoms with van der Waals surface area (Å²) in [5, 5.41) is 0. The molecule has 0 radical (unpaired) electrons. The molecule has 0 saturated heterocycles. The molecule has 1 unspecified atom stereocenters. The third kappa shape index (κ3) is 3.54. The van der Waals surface area contributed by atoms with Crippen molar-refractivity contribution in [2.45, 2.75) is 38.6 Å². The van der Waals surface area contributed by atoms with Crippen molar-refractivity contribution in [3.63, 3.8) is 0 Å². The molecule has 96 valence electrons. The molecule has 0 amide bonds. The summed E-state index contributed by atoms with van der Waals surface area (Å²) in [5.41, 5.74) is 7.58. The highest BCUT2D eigenvalue weighted by molar-refractivity contribution is 7.91. The first-order valence-corrected chi connectivity index (χ1v) is 7.45. The van der Waals surface area contributed by atoms with Gasteiger partial charge >= 0.3 is 0 Å². The first kappa shape index (κ1) is 14.2. The monoisotopic (exact) mass is 255 g/mol. The van der Waals surface area contributed by atoms with Crippen LogP contribution in [-0.2, 0) is 9.84 Å². The van der Waals surface area contributed by atoms with E-state index in [1.807, 2.05) is 39.8 Å². The number of hydrogen-bond donors (Lipinski definition) is 1. The Balaban J connectivity index is 3.09. The van der Waals surface area contributed by atoms with Gasteiger partial charge in [0.25, 0.3) is 0 Å². The molecule has 0 heterocycles. The van der Waals surface area contributed by atoms with E-state index in [1.165, 1.54) is 0 Å². The van der Waals surface area contributed by atoms with Gasteiger partial charge in [-0.25, -0.2) is 8.42 Å². The van der Waals surface area contributed by atoms with Crippen molar-refractivity contribution in [3.05, 3.63) is 29.3 Å². The van der Waals surface area contributed by atoms with Gasteiger partial charge in [-0.15, -0.1) is 0 Å². The zero-order chi connectivity index (χ0) is 13.2. The quantitative estimate of drug-likeness (QED) is 0.896. The Morgan fingerprint density at radius 2 is 1.82 bits per heavy atom. The van der Waals surface area contributed by atoms with Crippen LogP contribution < -0.4 is 5.73 Å². The number of sulfone groups is 1. The molecule has 1 aromatic carbocycles. The van der Waals surface area contributed by atoms with Gasteiger partial charge in [-0.3, -0.25) is 0 Å². The molecule has 0 aromatic heterocycles. The van der Waals surface area contributed by atoms with E-state index in [2.05, 4.69) is 0 Å². The number of hydrogen-bond acceptors (Lipinski definition) is 3. The van der Waals surface area contributed by atoms with Gasteiger partial charge in [-0.1, -0.05) is 26.0 Å². The molecule has 3 nitrogen and oxygen atoms in total. The topological polar surface area (TPSA) is 60.2 Å². The molecular formula is C13H21NO2S. The summed E-state index contributed by atoms with van der Waals surface area (Å²) < 4.78 is 24.5. The van der Waals surface area contributed by atoms with Gasteiger partial charge in [0.2, 0.25) is 0 Å². The predicted molar refractivity (Wildman–Crippen MR) is 70.8 cm³/mol. The standard InChI is InChI=1S/C13H21NO2S/c1-9(2)12(14)8-17(15,16)13-7-10(3)5-6-11(13)4/h5-7,9,12H,8,14H2,1-4H3. The summed E-state index contributed by atoms with van der Waals surface area (Å²) in [6.45, 7) is 7.57. The maximum Gasteiger partial charge on any atom is 0.180 e. The zero-order valence-electron chi connectivity index (χ0n) is 10.9. The Morgan fingerprint density at radius 3 is 2.35 bits per heavy atom. The third-order valence-electron chi connectivity index (χ3n) is 2.95. The summed E-state index contributed by atoms with van der Waals surface area (Å²) in [6, 6.07) is 5.15. The number of aryl methyl sites for hydroxylation is 2. The minimum atomic E-state index is -3.28. The summed E-state index contributed by atoms with van der Waals surface area (Å²) in [5.74, 6) is 0.171. The van der Waals surface area contributed by atoms with Crippen molar-refractivity contribution in [1.29, 1.82) is 0 Å². The molecule has 0 fully saturated rings. The third-order valence-corrected chi connectivity index (χ3v) is 4.88. The Hall–Kier alpha value is -0.870.